The number of nitro groups is 2. The molecule has 0 amide bonds. The number of ether oxygens (including phenoxy) is 4. The average molecular weight is 731 g/mol. The van der Waals surface area contributed by atoms with Crippen LogP contribution in [0.4, 0.5) is 24.5 Å². The van der Waals surface area contributed by atoms with E-state index in [0.29, 0.717) is 18.2 Å². The molecular formula is C34H45F3N2O12. The van der Waals surface area contributed by atoms with Gasteiger partial charge < -0.3 is 18.9 Å². The fraction of sp³-hybridized carbons (Fsp3) is 0.529. The Labute approximate surface area is 293 Å². The first-order chi connectivity index (χ1) is 22.8. The van der Waals surface area contributed by atoms with Gasteiger partial charge in [-0.05, 0) is 107 Å². The van der Waals surface area contributed by atoms with Crippen molar-refractivity contribution in [3.05, 3.63) is 79.6 Å². The Kier molecular flexibility index (Phi) is 16.4. The van der Waals surface area contributed by atoms with Gasteiger partial charge in [-0.2, -0.15) is 4.39 Å². The third-order valence-electron chi connectivity index (χ3n) is 5.02. The third-order valence-corrected chi connectivity index (χ3v) is 5.02. The van der Waals surface area contributed by atoms with Crippen molar-refractivity contribution >= 4 is 35.3 Å². The standard InChI is InChI=1S/C17H22FNO6.C11H20O4.C6H3F2NO2/c1-16(2,3)24-14(20)13(15(21)25-17(4,5)6)11-8-7-10(18)9-12(11)19(22)23;1-10(2,3)14-8(12)7-9(13)15-11(4,5)6;7-4-1-2-5(8)6(3-4)9(10)11/h7-9,13H,1-6H3;7H2,1-6H3;1-3H. The van der Waals surface area contributed by atoms with Gasteiger partial charge in [-0.25, -0.2) is 8.78 Å². The van der Waals surface area contributed by atoms with Crippen LogP contribution in [0.3, 0.4) is 0 Å². The number of hydrogen-bond acceptors (Lipinski definition) is 12. The van der Waals surface area contributed by atoms with Gasteiger partial charge in [0.2, 0.25) is 5.82 Å². The quantitative estimate of drug-likeness (QED) is 0.0901. The van der Waals surface area contributed by atoms with E-state index in [9.17, 15) is 52.6 Å². The number of esters is 4. The lowest BCUT2D eigenvalue weighted by atomic mass is 9.96. The van der Waals surface area contributed by atoms with Gasteiger partial charge in [0.1, 0.15) is 40.5 Å². The minimum atomic E-state index is -1.69. The predicted molar refractivity (Wildman–Crippen MR) is 177 cm³/mol. The maximum atomic E-state index is 13.4. The van der Waals surface area contributed by atoms with Crippen molar-refractivity contribution in [2.45, 2.75) is 118 Å². The van der Waals surface area contributed by atoms with Crippen LogP contribution >= 0.6 is 0 Å². The van der Waals surface area contributed by atoms with Crippen molar-refractivity contribution < 1.29 is 61.1 Å². The summed E-state index contributed by atoms with van der Waals surface area (Å²) in [7, 11) is 0. The van der Waals surface area contributed by atoms with E-state index < -0.39 is 90.9 Å². The molecule has 0 radical (unpaired) electrons. The summed E-state index contributed by atoms with van der Waals surface area (Å²) in [5.41, 5.74) is -4.81. The lowest BCUT2D eigenvalue weighted by Crippen LogP contribution is -2.35. The molecule has 0 N–H and O–H groups in total. The van der Waals surface area contributed by atoms with Gasteiger partial charge >= 0.3 is 29.6 Å². The first-order valence-electron chi connectivity index (χ1n) is 15.2. The lowest BCUT2D eigenvalue weighted by molar-refractivity contribution is -0.387. The maximum absolute atomic E-state index is 13.4. The van der Waals surface area contributed by atoms with E-state index in [2.05, 4.69) is 0 Å². The molecule has 284 valence electrons. The highest BCUT2D eigenvalue weighted by Gasteiger charge is 2.40. The van der Waals surface area contributed by atoms with Crippen molar-refractivity contribution in [3.63, 3.8) is 0 Å². The SMILES string of the molecule is CC(C)(C)OC(=O)C(C(=O)OC(C)(C)C)c1ccc(F)cc1[N+](=O)[O-].CC(C)(C)OC(=O)CC(=O)OC(C)(C)C.O=[N+]([O-])c1cc(F)ccc1F. The smallest absolute Gasteiger partial charge is 0.325 e. The lowest BCUT2D eigenvalue weighted by Gasteiger charge is -2.26. The van der Waals surface area contributed by atoms with E-state index in [1.807, 2.05) is 0 Å². The van der Waals surface area contributed by atoms with Gasteiger partial charge in [0, 0.05) is 0 Å². The van der Waals surface area contributed by atoms with Gasteiger partial charge in [-0.3, -0.25) is 39.4 Å². The molecule has 0 heterocycles. The van der Waals surface area contributed by atoms with Crippen LogP contribution in [0.2, 0.25) is 0 Å². The molecule has 0 unspecified atom stereocenters. The second-order valence-electron chi connectivity index (χ2n) is 14.7. The fourth-order valence-corrected chi connectivity index (χ4v) is 3.49. The van der Waals surface area contributed by atoms with Crippen molar-refractivity contribution in [3.8, 4) is 0 Å². The summed E-state index contributed by atoms with van der Waals surface area (Å²) < 4.78 is 58.4. The van der Waals surface area contributed by atoms with E-state index >= 15 is 0 Å². The first kappa shape index (κ1) is 45.9. The summed E-state index contributed by atoms with van der Waals surface area (Å²) in [6.07, 6.45) is -0.339. The van der Waals surface area contributed by atoms with E-state index in [1.54, 1.807) is 83.1 Å². The predicted octanol–water partition coefficient (Wildman–Crippen LogP) is 7.43. The third kappa shape index (κ3) is 19.6. The number of rotatable bonds is 7. The Bertz CT molecular complexity index is 1530. The Morgan fingerprint density at radius 2 is 0.922 bits per heavy atom. The minimum absolute atomic E-state index is 0.282. The molecule has 2 rings (SSSR count). The largest absolute Gasteiger partial charge is 0.460 e. The second-order valence-corrected chi connectivity index (χ2v) is 14.7. The van der Waals surface area contributed by atoms with Crippen LogP contribution in [-0.2, 0) is 38.1 Å². The molecule has 0 fully saturated rings. The first-order valence-corrected chi connectivity index (χ1v) is 15.2. The molecule has 2 aromatic rings. The molecule has 0 saturated carbocycles. The van der Waals surface area contributed by atoms with Crippen LogP contribution in [-0.4, -0.2) is 56.1 Å². The van der Waals surface area contributed by atoms with E-state index in [0.717, 1.165) is 18.2 Å². The zero-order valence-electron chi connectivity index (χ0n) is 30.7. The summed E-state index contributed by atoms with van der Waals surface area (Å²) in [5, 5.41) is 21.2. The Morgan fingerprint density at radius 3 is 1.24 bits per heavy atom. The topological polar surface area (TPSA) is 191 Å². The monoisotopic (exact) mass is 730 g/mol. The van der Waals surface area contributed by atoms with Gasteiger partial charge in [0.15, 0.2) is 5.92 Å². The van der Waals surface area contributed by atoms with Crippen LogP contribution in [0.1, 0.15) is 101 Å². The molecule has 0 aromatic heterocycles. The zero-order chi connectivity index (χ0) is 40.3. The molecule has 2 aromatic carbocycles. The molecule has 51 heavy (non-hydrogen) atoms. The highest BCUT2D eigenvalue weighted by atomic mass is 19.1. The number of carbonyl (C=O) groups excluding carboxylic acids is 4. The number of halogens is 3. The fourth-order valence-electron chi connectivity index (χ4n) is 3.49. The molecule has 0 spiro atoms. The van der Waals surface area contributed by atoms with Crippen LogP contribution in [0.15, 0.2) is 36.4 Å². The van der Waals surface area contributed by atoms with Gasteiger partial charge in [0.25, 0.3) is 5.69 Å². The van der Waals surface area contributed by atoms with Crippen LogP contribution < -0.4 is 0 Å². The summed E-state index contributed by atoms with van der Waals surface area (Å²) in [6, 6.07) is 4.68. The Balaban J connectivity index is 0.000000813. The average Bonchev–Trinajstić information content (AvgIpc) is 2.87. The van der Waals surface area contributed by atoms with Crippen molar-refractivity contribution in [2.24, 2.45) is 0 Å². The molecule has 14 nitrogen and oxygen atoms in total. The minimum Gasteiger partial charge on any atom is -0.460 e. The molecule has 0 saturated heterocycles. The molecule has 17 heteroatoms. The molecule has 0 aliphatic heterocycles. The Hall–Kier alpha value is -5.09. The summed E-state index contributed by atoms with van der Waals surface area (Å²) >= 11 is 0. The van der Waals surface area contributed by atoms with Crippen molar-refractivity contribution in [1.29, 1.82) is 0 Å². The van der Waals surface area contributed by atoms with Crippen LogP contribution in [0, 0.1) is 37.7 Å². The number of nitro benzene ring substituents is 2. The maximum Gasteiger partial charge on any atom is 0.325 e. The van der Waals surface area contributed by atoms with Crippen LogP contribution in [0.5, 0.6) is 0 Å². The van der Waals surface area contributed by atoms with E-state index in [4.69, 9.17) is 18.9 Å². The highest BCUT2D eigenvalue weighted by molar-refractivity contribution is 6.02. The van der Waals surface area contributed by atoms with Crippen molar-refractivity contribution in [2.75, 3.05) is 0 Å². The summed E-state index contributed by atoms with van der Waals surface area (Å²) in [6.45, 7) is 20.1. The second kappa shape index (κ2) is 18.2. The zero-order valence-corrected chi connectivity index (χ0v) is 30.7. The highest BCUT2D eigenvalue weighted by Crippen LogP contribution is 2.32. The van der Waals surface area contributed by atoms with Crippen molar-refractivity contribution in [1.82, 2.24) is 0 Å². The summed E-state index contributed by atoms with van der Waals surface area (Å²) in [5.74, 6) is -7.53. The van der Waals surface area contributed by atoms with Crippen LogP contribution in [0.25, 0.3) is 0 Å². The van der Waals surface area contributed by atoms with E-state index in [1.165, 1.54) is 0 Å². The molecule has 0 atom stereocenters. The number of nitrogens with zero attached hydrogens (tertiary/aromatic N) is 2. The van der Waals surface area contributed by atoms with Gasteiger partial charge in [0.05, 0.1) is 27.5 Å². The Morgan fingerprint density at radius 1 is 0.588 bits per heavy atom. The van der Waals surface area contributed by atoms with Gasteiger partial charge in [-0.1, -0.05) is 0 Å². The summed E-state index contributed by atoms with van der Waals surface area (Å²) in [4.78, 5) is 66.8. The molecule has 0 aliphatic carbocycles. The normalized spacial score (nSPS) is 11.5. The van der Waals surface area contributed by atoms with Gasteiger partial charge in [-0.15, -0.1) is 0 Å². The van der Waals surface area contributed by atoms with E-state index in [-0.39, 0.29) is 12.0 Å². The molecule has 0 aliphatic rings. The number of carbonyl (C=O) groups is 4. The molecular weight excluding hydrogens is 685 g/mol. The number of hydrogen-bond donors (Lipinski definition) is 0. The molecule has 0 bridgehead atoms. The number of benzene rings is 2.